The second-order valence-corrected chi connectivity index (χ2v) is 5.80. The number of amides is 1. The van der Waals surface area contributed by atoms with Crippen LogP contribution >= 0.6 is 0 Å². The molecule has 19 heavy (non-hydrogen) atoms. The molecule has 3 nitrogen and oxygen atoms in total. The van der Waals surface area contributed by atoms with Crippen molar-refractivity contribution >= 4 is 5.91 Å². The van der Waals surface area contributed by atoms with Crippen molar-refractivity contribution in [3.8, 4) is 0 Å². The summed E-state index contributed by atoms with van der Waals surface area (Å²) in [5.41, 5.74) is 2.55. The smallest absolute Gasteiger partial charge is 0.224 e. The van der Waals surface area contributed by atoms with E-state index in [4.69, 9.17) is 0 Å². The van der Waals surface area contributed by atoms with Crippen molar-refractivity contribution in [1.29, 1.82) is 0 Å². The molecule has 1 saturated heterocycles. The van der Waals surface area contributed by atoms with Crippen LogP contribution in [0, 0.1) is 0 Å². The molecule has 1 amide bonds. The SMILES string of the molecule is O=C(Cc1ccc(C2CC2)cc1)N[C@H]1CCCNC1. The number of carbonyl (C=O) groups is 1. The van der Waals surface area contributed by atoms with Gasteiger partial charge in [-0.3, -0.25) is 4.79 Å². The molecule has 2 aliphatic rings. The maximum absolute atomic E-state index is 12.0. The fourth-order valence-corrected chi connectivity index (χ4v) is 2.76. The van der Waals surface area contributed by atoms with Gasteiger partial charge in [-0.1, -0.05) is 24.3 Å². The van der Waals surface area contributed by atoms with E-state index in [9.17, 15) is 4.79 Å². The monoisotopic (exact) mass is 258 g/mol. The van der Waals surface area contributed by atoms with Crippen LogP contribution in [0.3, 0.4) is 0 Å². The molecule has 2 N–H and O–H groups in total. The summed E-state index contributed by atoms with van der Waals surface area (Å²) >= 11 is 0. The van der Waals surface area contributed by atoms with Gasteiger partial charge in [-0.05, 0) is 49.3 Å². The fourth-order valence-electron chi connectivity index (χ4n) is 2.76. The van der Waals surface area contributed by atoms with Gasteiger partial charge in [0.15, 0.2) is 0 Å². The van der Waals surface area contributed by atoms with Gasteiger partial charge in [-0.15, -0.1) is 0 Å². The van der Waals surface area contributed by atoms with Crippen molar-refractivity contribution in [3.05, 3.63) is 35.4 Å². The van der Waals surface area contributed by atoms with E-state index in [0.29, 0.717) is 12.5 Å². The Bertz CT molecular complexity index is 431. The Morgan fingerprint density at radius 2 is 2.00 bits per heavy atom. The average Bonchev–Trinajstić information content (AvgIpc) is 3.25. The van der Waals surface area contributed by atoms with Crippen LogP contribution in [0.25, 0.3) is 0 Å². The van der Waals surface area contributed by atoms with E-state index in [1.54, 1.807) is 0 Å². The van der Waals surface area contributed by atoms with Crippen LogP contribution in [-0.4, -0.2) is 25.0 Å². The van der Waals surface area contributed by atoms with E-state index < -0.39 is 0 Å². The van der Waals surface area contributed by atoms with Gasteiger partial charge in [0.25, 0.3) is 0 Å². The first-order chi connectivity index (χ1) is 9.31. The number of carbonyl (C=O) groups excluding carboxylic acids is 1. The zero-order valence-electron chi connectivity index (χ0n) is 11.3. The largest absolute Gasteiger partial charge is 0.352 e. The van der Waals surface area contributed by atoms with Crippen LogP contribution in [0.15, 0.2) is 24.3 Å². The standard InChI is InChI=1S/C16H22N2O/c19-16(18-15-2-1-9-17-11-15)10-12-3-5-13(6-4-12)14-7-8-14/h3-6,14-15,17H,1-2,7-11H2,(H,18,19)/t15-/m0/s1. The molecule has 1 saturated carbocycles. The minimum absolute atomic E-state index is 0.146. The van der Waals surface area contributed by atoms with Crippen LogP contribution < -0.4 is 10.6 Å². The third-order valence-electron chi connectivity index (χ3n) is 4.06. The molecule has 2 fully saturated rings. The van der Waals surface area contributed by atoms with Crippen LogP contribution in [0.1, 0.15) is 42.7 Å². The maximum atomic E-state index is 12.0. The third kappa shape index (κ3) is 3.57. The molecule has 1 atom stereocenters. The van der Waals surface area contributed by atoms with Crippen LogP contribution in [0.5, 0.6) is 0 Å². The van der Waals surface area contributed by atoms with Crippen LogP contribution in [0.2, 0.25) is 0 Å². The van der Waals surface area contributed by atoms with E-state index >= 15 is 0 Å². The molecule has 3 rings (SSSR count). The van der Waals surface area contributed by atoms with Gasteiger partial charge in [0.05, 0.1) is 6.42 Å². The summed E-state index contributed by atoms with van der Waals surface area (Å²) in [4.78, 5) is 12.0. The molecule has 0 bridgehead atoms. The molecule has 0 radical (unpaired) electrons. The highest BCUT2D eigenvalue weighted by atomic mass is 16.1. The fraction of sp³-hybridized carbons (Fsp3) is 0.562. The Labute approximate surface area is 114 Å². The topological polar surface area (TPSA) is 41.1 Å². The second-order valence-electron chi connectivity index (χ2n) is 5.80. The Balaban J connectivity index is 1.50. The van der Waals surface area contributed by atoms with Crippen molar-refractivity contribution in [2.75, 3.05) is 13.1 Å². The summed E-state index contributed by atoms with van der Waals surface area (Å²) in [7, 11) is 0. The summed E-state index contributed by atoms with van der Waals surface area (Å²) in [6.45, 7) is 1.99. The molecule has 0 spiro atoms. The predicted molar refractivity (Wildman–Crippen MR) is 76.2 cm³/mol. The van der Waals surface area contributed by atoms with Gasteiger partial charge in [0, 0.05) is 12.6 Å². The zero-order chi connectivity index (χ0) is 13.1. The Morgan fingerprint density at radius 3 is 2.63 bits per heavy atom. The van der Waals surface area contributed by atoms with Crippen molar-refractivity contribution in [2.45, 2.75) is 44.1 Å². The number of rotatable bonds is 4. The van der Waals surface area contributed by atoms with E-state index in [-0.39, 0.29) is 5.91 Å². The number of piperidine rings is 1. The van der Waals surface area contributed by atoms with E-state index in [0.717, 1.165) is 37.4 Å². The van der Waals surface area contributed by atoms with Gasteiger partial charge < -0.3 is 10.6 Å². The molecule has 1 aliphatic carbocycles. The van der Waals surface area contributed by atoms with Crippen molar-refractivity contribution in [1.82, 2.24) is 10.6 Å². The molecule has 1 heterocycles. The number of nitrogens with one attached hydrogen (secondary N) is 2. The third-order valence-corrected chi connectivity index (χ3v) is 4.06. The first-order valence-electron chi connectivity index (χ1n) is 7.40. The molecule has 1 aromatic rings. The number of hydrogen-bond acceptors (Lipinski definition) is 2. The lowest BCUT2D eigenvalue weighted by molar-refractivity contribution is -0.121. The molecular weight excluding hydrogens is 236 g/mol. The van der Waals surface area contributed by atoms with E-state index in [1.165, 1.54) is 18.4 Å². The minimum atomic E-state index is 0.146. The van der Waals surface area contributed by atoms with Gasteiger partial charge in [0.2, 0.25) is 5.91 Å². The average molecular weight is 258 g/mol. The van der Waals surface area contributed by atoms with Gasteiger partial charge >= 0.3 is 0 Å². The number of benzene rings is 1. The molecule has 3 heteroatoms. The van der Waals surface area contributed by atoms with Crippen molar-refractivity contribution < 1.29 is 4.79 Å². The highest BCUT2D eigenvalue weighted by Crippen LogP contribution is 2.39. The summed E-state index contributed by atoms with van der Waals surface area (Å²) in [5, 5.41) is 6.43. The van der Waals surface area contributed by atoms with Gasteiger partial charge in [-0.25, -0.2) is 0 Å². The van der Waals surface area contributed by atoms with Gasteiger partial charge in [0.1, 0.15) is 0 Å². The maximum Gasteiger partial charge on any atom is 0.224 e. The second kappa shape index (κ2) is 5.74. The molecule has 1 aliphatic heterocycles. The van der Waals surface area contributed by atoms with Gasteiger partial charge in [-0.2, -0.15) is 0 Å². The van der Waals surface area contributed by atoms with E-state index in [2.05, 4.69) is 34.9 Å². The normalized spacial score (nSPS) is 23.1. The summed E-state index contributed by atoms with van der Waals surface area (Å²) in [5.74, 6) is 0.934. The van der Waals surface area contributed by atoms with Crippen LogP contribution in [-0.2, 0) is 11.2 Å². The van der Waals surface area contributed by atoms with E-state index in [1.807, 2.05) is 0 Å². The molecule has 0 unspecified atom stereocenters. The van der Waals surface area contributed by atoms with Crippen LogP contribution in [0.4, 0.5) is 0 Å². The predicted octanol–water partition coefficient (Wildman–Crippen LogP) is 1.97. The number of hydrogen-bond donors (Lipinski definition) is 2. The molecule has 0 aromatic heterocycles. The highest BCUT2D eigenvalue weighted by Gasteiger charge is 2.23. The van der Waals surface area contributed by atoms with Crippen molar-refractivity contribution in [2.24, 2.45) is 0 Å². The summed E-state index contributed by atoms with van der Waals surface area (Å²) in [6, 6.07) is 8.89. The molecular formula is C16H22N2O. The lowest BCUT2D eigenvalue weighted by Crippen LogP contribution is -2.46. The zero-order valence-corrected chi connectivity index (χ0v) is 11.3. The summed E-state index contributed by atoms with van der Waals surface area (Å²) < 4.78 is 0. The first kappa shape index (κ1) is 12.7. The first-order valence-corrected chi connectivity index (χ1v) is 7.40. The molecule has 1 aromatic carbocycles. The Hall–Kier alpha value is -1.35. The summed E-state index contributed by atoms with van der Waals surface area (Å²) in [6.07, 6.45) is 5.41. The lowest BCUT2D eigenvalue weighted by Gasteiger charge is -2.23. The van der Waals surface area contributed by atoms with Crippen molar-refractivity contribution in [3.63, 3.8) is 0 Å². The minimum Gasteiger partial charge on any atom is -0.352 e. The molecule has 102 valence electrons. The lowest BCUT2D eigenvalue weighted by atomic mass is 10.0. The highest BCUT2D eigenvalue weighted by molar-refractivity contribution is 5.78. The quantitative estimate of drug-likeness (QED) is 0.867. The Kier molecular flexibility index (Phi) is 3.83. The Morgan fingerprint density at radius 1 is 1.21 bits per heavy atom.